The summed E-state index contributed by atoms with van der Waals surface area (Å²) in [6.07, 6.45) is 4.83. The molecule has 2 heterocycles. The summed E-state index contributed by atoms with van der Waals surface area (Å²) in [5.41, 5.74) is 1.25. The second-order valence-corrected chi connectivity index (χ2v) is 11.8. The van der Waals surface area contributed by atoms with Gasteiger partial charge in [-0.25, -0.2) is 0 Å². The number of rotatable bonds is 4. The van der Waals surface area contributed by atoms with Crippen molar-refractivity contribution in [2.75, 3.05) is 27.2 Å². The van der Waals surface area contributed by atoms with E-state index in [0.717, 1.165) is 54.3 Å². The highest BCUT2D eigenvalue weighted by Crippen LogP contribution is 2.66. The Balaban J connectivity index is 1.23. The van der Waals surface area contributed by atoms with Crippen molar-refractivity contribution in [3.05, 3.63) is 53.1 Å². The minimum atomic E-state index is -0.966. The zero-order chi connectivity index (χ0) is 26.2. The Morgan fingerprint density at radius 3 is 2.71 bits per heavy atom. The van der Waals surface area contributed by atoms with E-state index < -0.39 is 17.1 Å². The zero-order valence-electron chi connectivity index (χ0n) is 21.9. The first-order valence-electron chi connectivity index (χ1n) is 13.8. The molecular weight excluding hydrogens is 480 g/mol. The quantitative estimate of drug-likeness (QED) is 0.611. The molecule has 1 amide bonds. The second-order valence-electron chi connectivity index (χ2n) is 11.8. The Morgan fingerprint density at radius 1 is 1.18 bits per heavy atom. The lowest BCUT2D eigenvalue weighted by Gasteiger charge is -2.64. The van der Waals surface area contributed by atoms with Gasteiger partial charge in [0.2, 0.25) is 0 Å². The summed E-state index contributed by atoms with van der Waals surface area (Å²) >= 11 is 0. The summed E-state index contributed by atoms with van der Waals surface area (Å²) in [4.78, 5) is 17.5. The van der Waals surface area contributed by atoms with Gasteiger partial charge in [0.1, 0.15) is 11.9 Å². The van der Waals surface area contributed by atoms with Crippen LogP contribution < -0.4 is 9.47 Å². The van der Waals surface area contributed by atoms with Gasteiger partial charge in [0.25, 0.3) is 5.91 Å². The molecule has 1 saturated heterocycles. The van der Waals surface area contributed by atoms with Crippen LogP contribution in [0.4, 0.5) is 0 Å². The molecule has 1 spiro atoms. The van der Waals surface area contributed by atoms with Crippen LogP contribution in [0.15, 0.2) is 36.4 Å². The lowest BCUT2D eigenvalue weighted by molar-refractivity contribution is -0.199. The third kappa shape index (κ3) is 3.26. The lowest BCUT2D eigenvalue weighted by Crippen LogP contribution is -2.78. The molecule has 2 aromatic carbocycles. The average Bonchev–Trinajstić information content (AvgIpc) is 3.67. The Bertz CT molecular complexity index is 1360. The van der Waals surface area contributed by atoms with Crippen molar-refractivity contribution < 1.29 is 24.5 Å². The maximum Gasteiger partial charge on any atom is 0.298 e. The van der Waals surface area contributed by atoms with Crippen LogP contribution in [0.1, 0.15) is 48.8 Å². The number of benzene rings is 2. The molecule has 0 radical (unpaired) electrons. The van der Waals surface area contributed by atoms with Crippen molar-refractivity contribution >= 4 is 5.91 Å². The van der Waals surface area contributed by atoms with Gasteiger partial charge in [-0.2, -0.15) is 0 Å². The fourth-order valence-corrected chi connectivity index (χ4v) is 7.89. The molecule has 7 heteroatoms. The summed E-state index contributed by atoms with van der Waals surface area (Å²) < 4.78 is 11.8. The van der Waals surface area contributed by atoms with E-state index in [0.29, 0.717) is 18.6 Å². The van der Waals surface area contributed by atoms with E-state index in [-0.39, 0.29) is 23.7 Å². The molecule has 7 nitrogen and oxygen atoms in total. The summed E-state index contributed by atoms with van der Waals surface area (Å²) in [7, 11) is 3.40. The molecule has 5 atom stereocenters. The van der Waals surface area contributed by atoms with Gasteiger partial charge < -0.3 is 24.6 Å². The molecule has 5 aliphatic rings. The highest BCUT2D eigenvalue weighted by atomic mass is 16.5. The number of likely N-dealkylation sites (tertiary alicyclic amines) is 1. The van der Waals surface area contributed by atoms with Crippen molar-refractivity contribution in [2.24, 2.45) is 5.92 Å². The number of phenols is 1. The molecule has 2 N–H and O–H groups in total. The van der Waals surface area contributed by atoms with Crippen LogP contribution in [-0.4, -0.2) is 77.0 Å². The third-order valence-electron chi connectivity index (χ3n) is 9.95. The molecule has 7 rings (SSSR count). The number of amides is 1. The Morgan fingerprint density at radius 2 is 1.97 bits per heavy atom. The predicted octanol–water partition coefficient (Wildman–Crippen LogP) is 2.84. The van der Waals surface area contributed by atoms with Gasteiger partial charge in [-0.3, -0.25) is 9.69 Å². The van der Waals surface area contributed by atoms with E-state index in [1.54, 1.807) is 25.1 Å². The number of ether oxygens (including phenoxy) is 2. The standard InChI is InChI=1S/C31H34N2O5/c1-32(26(35)12-7-19-5-9-22(37-2)10-6-19)23-13-14-31(36)25-17-21-8-11-24(34)28-27(21)30(31,29(23)38-28)15-16-33(25)18-20-3-4-20/h5-6,8-11,20,23,25,29,34,36H,3-4,13-18H2,1-2H3/t23?,25-,29?,30+,31?/m1/s1. The van der Waals surface area contributed by atoms with Crippen molar-refractivity contribution in [1.29, 1.82) is 0 Å². The van der Waals surface area contributed by atoms with Crippen molar-refractivity contribution in [1.82, 2.24) is 9.80 Å². The van der Waals surface area contributed by atoms with E-state index in [2.05, 4.69) is 16.7 Å². The second kappa shape index (κ2) is 8.39. The van der Waals surface area contributed by atoms with Gasteiger partial charge in [0.05, 0.1) is 24.2 Å². The van der Waals surface area contributed by atoms with E-state index in [1.165, 1.54) is 12.8 Å². The summed E-state index contributed by atoms with van der Waals surface area (Å²) in [5, 5.41) is 23.4. The molecule has 2 aliphatic heterocycles. The summed E-state index contributed by atoms with van der Waals surface area (Å²) in [6.45, 7) is 1.93. The van der Waals surface area contributed by atoms with Crippen LogP contribution in [-0.2, 0) is 16.6 Å². The normalized spacial score (nSPS) is 32.4. The van der Waals surface area contributed by atoms with Crippen LogP contribution >= 0.6 is 0 Å². The number of aromatic hydroxyl groups is 1. The molecule has 198 valence electrons. The molecule has 3 fully saturated rings. The maximum absolute atomic E-state index is 13.3. The number of hydrogen-bond donors (Lipinski definition) is 2. The fourth-order valence-electron chi connectivity index (χ4n) is 7.89. The van der Waals surface area contributed by atoms with E-state index in [4.69, 9.17) is 9.47 Å². The van der Waals surface area contributed by atoms with Crippen LogP contribution in [0, 0.1) is 17.8 Å². The highest BCUT2D eigenvalue weighted by molar-refractivity contribution is 5.94. The number of carbonyl (C=O) groups is 1. The molecular formula is C31H34N2O5. The zero-order valence-corrected chi connectivity index (χ0v) is 21.9. The minimum absolute atomic E-state index is 0.0164. The SMILES string of the molecule is COc1ccc(C#CC(=O)N(C)C2CCC3(O)[C@H]4Cc5ccc(O)c6c5[C@@]3(CCN4CC3CC3)C2O6)cc1. The number of carbonyl (C=O) groups excluding carboxylic acids is 1. The number of aliphatic hydroxyl groups is 1. The van der Waals surface area contributed by atoms with Gasteiger partial charge >= 0.3 is 0 Å². The molecule has 2 aromatic rings. The fraction of sp³-hybridized carbons (Fsp3) is 0.516. The molecule has 3 aliphatic carbocycles. The number of methoxy groups -OCH3 is 1. The Hall–Kier alpha value is -3.21. The van der Waals surface area contributed by atoms with Gasteiger partial charge in [-0.15, -0.1) is 0 Å². The Kier molecular flexibility index (Phi) is 5.27. The first kappa shape index (κ1) is 23.9. The van der Waals surface area contributed by atoms with Gasteiger partial charge in [-0.05, 0) is 86.9 Å². The molecule has 38 heavy (non-hydrogen) atoms. The Labute approximate surface area is 223 Å². The van der Waals surface area contributed by atoms with Gasteiger partial charge in [0.15, 0.2) is 11.5 Å². The maximum atomic E-state index is 13.3. The van der Waals surface area contributed by atoms with Crippen molar-refractivity contribution in [2.45, 2.75) is 67.7 Å². The van der Waals surface area contributed by atoms with E-state index in [9.17, 15) is 15.0 Å². The topological polar surface area (TPSA) is 82.5 Å². The monoisotopic (exact) mass is 514 g/mol. The molecule has 0 aromatic heterocycles. The van der Waals surface area contributed by atoms with Crippen LogP contribution in [0.2, 0.25) is 0 Å². The number of hydrogen-bond acceptors (Lipinski definition) is 6. The number of nitrogens with zero attached hydrogens (tertiary/aromatic N) is 2. The largest absolute Gasteiger partial charge is 0.504 e. The highest BCUT2D eigenvalue weighted by Gasteiger charge is 2.73. The molecule has 3 unspecified atom stereocenters. The first-order valence-corrected chi connectivity index (χ1v) is 13.8. The molecule has 2 saturated carbocycles. The van der Waals surface area contributed by atoms with Crippen molar-refractivity contribution in [3.8, 4) is 29.1 Å². The average molecular weight is 515 g/mol. The number of likely N-dealkylation sites (N-methyl/N-ethyl adjacent to an activating group) is 1. The van der Waals surface area contributed by atoms with E-state index >= 15 is 0 Å². The van der Waals surface area contributed by atoms with Crippen molar-refractivity contribution in [3.63, 3.8) is 0 Å². The minimum Gasteiger partial charge on any atom is -0.504 e. The summed E-state index contributed by atoms with van der Waals surface area (Å²) in [5.74, 6) is 7.58. The number of piperidine rings is 1. The van der Waals surface area contributed by atoms with Crippen LogP contribution in [0.3, 0.4) is 0 Å². The van der Waals surface area contributed by atoms with Gasteiger partial charge in [0, 0.05) is 36.7 Å². The lowest BCUT2D eigenvalue weighted by atomic mass is 9.48. The van der Waals surface area contributed by atoms with Crippen LogP contribution in [0.5, 0.6) is 17.2 Å². The predicted molar refractivity (Wildman–Crippen MR) is 141 cm³/mol. The third-order valence-corrected chi connectivity index (χ3v) is 9.95. The summed E-state index contributed by atoms with van der Waals surface area (Å²) in [6, 6.07) is 10.8. The molecule has 2 bridgehead atoms. The van der Waals surface area contributed by atoms with E-state index in [1.807, 2.05) is 30.3 Å². The smallest absolute Gasteiger partial charge is 0.298 e. The van der Waals surface area contributed by atoms with Gasteiger partial charge in [-0.1, -0.05) is 12.0 Å². The first-order chi connectivity index (χ1) is 18.4. The van der Waals surface area contributed by atoms with Crippen LogP contribution in [0.25, 0.3) is 0 Å². The number of phenolic OH excluding ortho intramolecular Hbond substituents is 1.